The van der Waals surface area contributed by atoms with Crippen LogP contribution in [0.5, 0.6) is 5.75 Å². The lowest BCUT2D eigenvalue weighted by Gasteiger charge is -2.23. The Morgan fingerprint density at radius 1 is 1.06 bits per heavy atom. The summed E-state index contributed by atoms with van der Waals surface area (Å²) >= 11 is 0. The molecule has 92 valence electrons. The smallest absolute Gasteiger partial charge is 0.127 e. The summed E-state index contributed by atoms with van der Waals surface area (Å²) in [5, 5.41) is 0. The van der Waals surface area contributed by atoms with Gasteiger partial charge in [-0.15, -0.1) is 0 Å². The lowest BCUT2D eigenvalue weighted by Crippen LogP contribution is -2.07. The second kappa shape index (κ2) is 4.16. The van der Waals surface area contributed by atoms with Crippen molar-refractivity contribution in [2.75, 3.05) is 0 Å². The van der Waals surface area contributed by atoms with Crippen LogP contribution in [-0.2, 0) is 6.61 Å². The van der Waals surface area contributed by atoms with Crippen molar-refractivity contribution in [2.45, 2.75) is 33.3 Å². The second-order valence-corrected chi connectivity index (χ2v) is 5.31. The van der Waals surface area contributed by atoms with Gasteiger partial charge in [-0.25, -0.2) is 0 Å². The number of hydrogen-bond acceptors (Lipinski definition) is 1. The average molecular weight is 238 g/mol. The van der Waals surface area contributed by atoms with E-state index in [0.29, 0.717) is 12.5 Å². The van der Waals surface area contributed by atoms with Crippen molar-refractivity contribution in [2.24, 2.45) is 0 Å². The van der Waals surface area contributed by atoms with Crippen LogP contribution in [0.25, 0.3) is 11.1 Å². The molecule has 0 bridgehead atoms. The highest BCUT2D eigenvalue weighted by Gasteiger charge is 2.18. The van der Waals surface area contributed by atoms with Gasteiger partial charge in [0.1, 0.15) is 12.4 Å². The molecule has 0 radical (unpaired) electrons. The predicted octanol–water partition coefficient (Wildman–Crippen LogP) is 4.68. The van der Waals surface area contributed by atoms with Crippen LogP contribution in [0.1, 0.15) is 36.5 Å². The van der Waals surface area contributed by atoms with E-state index in [1.54, 1.807) is 0 Å². The summed E-state index contributed by atoms with van der Waals surface area (Å²) in [5.41, 5.74) is 6.56. The first-order valence-electron chi connectivity index (χ1n) is 6.52. The molecule has 0 aliphatic carbocycles. The quantitative estimate of drug-likeness (QED) is 0.701. The Bertz CT molecular complexity index is 597. The van der Waals surface area contributed by atoms with E-state index in [-0.39, 0.29) is 0 Å². The van der Waals surface area contributed by atoms with E-state index in [4.69, 9.17) is 4.74 Å². The highest BCUT2D eigenvalue weighted by Crippen LogP contribution is 2.40. The molecule has 0 saturated heterocycles. The van der Waals surface area contributed by atoms with E-state index in [0.717, 1.165) is 5.75 Å². The van der Waals surface area contributed by atoms with Crippen molar-refractivity contribution in [1.29, 1.82) is 0 Å². The van der Waals surface area contributed by atoms with Crippen LogP contribution >= 0.6 is 0 Å². The van der Waals surface area contributed by atoms with E-state index < -0.39 is 0 Å². The lowest BCUT2D eigenvalue weighted by molar-refractivity contribution is 0.302. The summed E-state index contributed by atoms with van der Waals surface area (Å²) in [7, 11) is 0. The van der Waals surface area contributed by atoms with E-state index in [9.17, 15) is 0 Å². The lowest BCUT2D eigenvalue weighted by atomic mass is 9.90. The van der Waals surface area contributed by atoms with E-state index in [2.05, 4.69) is 57.2 Å². The zero-order valence-corrected chi connectivity index (χ0v) is 11.2. The first-order chi connectivity index (χ1) is 8.66. The van der Waals surface area contributed by atoms with Crippen molar-refractivity contribution in [3.63, 3.8) is 0 Å². The van der Waals surface area contributed by atoms with Crippen LogP contribution in [0.3, 0.4) is 0 Å². The zero-order chi connectivity index (χ0) is 12.7. The summed E-state index contributed by atoms with van der Waals surface area (Å²) in [5.74, 6) is 1.57. The molecule has 2 aromatic carbocycles. The molecule has 0 aromatic heterocycles. The minimum Gasteiger partial charge on any atom is -0.488 e. The molecule has 0 atom stereocenters. The minimum absolute atomic E-state index is 0.538. The third-order valence-electron chi connectivity index (χ3n) is 3.68. The van der Waals surface area contributed by atoms with Gasteiger partial charge in [0.15, 0.2) is 0 Å². The van der Waals surface area contributed by atoms with Gasteiger partial charge in [0.2, 0.25) is 0 Å². The molecule has 2 aromatic rings. The number of aryl methyl sites for hydroxylation is 1. The van der Waals surface area contributed by atoms with Gasteiger partial charge in [-0.2, -0.15) is 0 Å². The normalized spacial score (nSPS) is 12.9. The predicted molar refractivity (Wildman–Crippen MR) is 75.0 cm³/mol. The van der Waals surface area contributed by atoms with Gasteiger partial charge < -0.3 is 4.74 Å². The monoisotopic (exact) mass is 238 g/mol. The first-order valence-corrected chi connectivity index (χ1v) is 6.52. The van der Waals surface area contributed by atoms with E-state index in [1.807, 2.05) is 0 Å². The summed E-state index contributed by atoms with van der Waals surface area (Å²) in [6.45, 7) is 7.33. The molecule has 0 unspecified atom stereocenters. The molecule has 1 aliphatic heterocycles. The summed E-state index contributed by atoms with van der Waals surface area (Å²) in [6.07, 6.45) is 0. The van der Waals surface area contributed by atoms with Gasteiger partial charge in [-0.3, -0.25) is 0 Å². The maximum absolute atomic E-state index is 5.90. The Labute approximate surface area is 108 Å². The van der Waals surface area contributed by atoms with Gasteiger partial charge in [0.05, 0.1) is 0 Å². The Balaban J connectivity index is 2.21. The van der Waals surface area contributed by atoms with Crippen LogP contribution in [0.4, 0.5) is 0 Å². The summed E-state index contributed by atoms with van der Waals surface area (Å²) in [4.78, 5) is 0. The Morgan fingerprint density at radius 2 is 1.83 bits per heavy atom. The maximum Gasteiger partial charge on any atom is 0.127 e. The van der Waals surface area contributed by atoms with Crippen LogP contribution in [0.2, 0.25) is 0 Å². The van der Waals surface area contributed by atoms with Crippen molar-refractivity contribution < 1.29 is 4.74 Å². The summed E-state index contributed by atoms with van der Waals surface area (Å²) in [6, 6.07) is 13.0. The van der Waals surface area contributed by atoms with Crippen LogP contribution in [0.15, 0.2) is 36.4 Å². The summed E-state index contributed by atoms with van der Waals surface area (Å²) < 4.78 is 5.90. The molecule has 3 rings (SSSR count). The van der Waals surface area contributed by atoms with Gasteiger partial charge >= 0.3 is 0 Å². The fraction of sp³-hybridized carbons (Fsp3) is 0.294. The highest BCUT2D eigenvalue weighted by molar-refractivity contribution is 5.76. The molecule has 1 heterocycles. The molecule has 18 heavy (non-hydrogen) atoms. The molecule has 0 amide bonds. The van der Waals surface area contributed by atoms with Gasteiger partial charge in [-0.1, -0.05) is 38.1 Å². The number of hydrogen-bond donors (Lipinski definition) is 0. The van der Waals surface area contributed by atoms with Crippen LogP contribution in [0, 0.1) is 6.92 Å². The van der Waals surface area contributed by atoms with Crippen molar-refractivity contribution >= 4 is 0 Å². The molecule has 0 fully saturated rings. The molecule has 1 aliphatic rings. The zero-order valence-electron chi connectivity index (χ0n) is 11.2. The molecule has 0 spiro atoms. The Morgan fingerprint density at radius 3 is 2.61 bits per heavy atom. The van der Waals surface area contributed by atoms with Gasteiger partial charge in [-0.05, 0) is 47.2 Å². The topological polar surface area (TPSA) is 9.23 Å². The maximum atomic E-state index is 5.90. The van der Waals surface area contributed by atoms with Crippen molar-refractivity contribution in [3.8, 4) is 16.9 Å². The third-order valence-corrected chi connectivity index (χ3v) is 3.68. The van der Waals surface area contributed by atoms with Crippen LogP contribution < -0.4 is 4.74 Å². The molecular formula is C17H18O. The third kappa shape index (κ3) is 1.71. The Kier molecular flexibility index (Phi) is 2.62. The number of benzene rings is 2. The number of fused-ring (bicyclic) bond motifs is 3. The van der Waals surface area contributed by atoms with E-state index >= 15 is 0 Å². The number of ether oxygens (including phenoxy) is 1. The Hall–Kier alpha value is -1.76. The second-order valence-electron chi connectivity index (χ2n) is 5.31. The van der Waals surface area contributed by atoms with Crippen LogP contribution in [-0.4, -0.2) is 0 Å². The fourth-order valence-corrected chi connectivity index (χ4v) is 2.72. The largest absolute Gasteiger partial charge is 0.488 e. The van der Waals surface area contributed by atoms with Crippen molar-refractivity contribution in [3.05, 3.63) is 53.1 Å². The first kappa shape index (κ1) is 11.3. The van der Waals surface area contributed by atoms with Gasteiger partial charge in [0.25, 0.3) is 0 Å². The standard InChI is InChI=1S/C17H18O/c1-11(2)15-9-17-16(8-12(15)3)14-7-5-4-6-13(14)10-18-17/h4-9,11H,10H2,1-3H3. The molecule has 1 nitrogen and oxygen atoms in total. The van der Waals surface area contributed by atoms with Gasteiger partial charge in [0, 0.05) is 5.56 Å². The highest BCUT2D eigenvalue weighted by atomic mass is 16.5. The van der Waals surface area contributed by atoms with Crippen molar-refractivity contribution in [1.82, 2.24) is 0 Å². The average Bonchev–Trinajstić information content (AvgIpc) is 2.37. The molecule has 0 N–H and O–H groups in total. The fourth-order valence-electron chi connectivity index (χ4n) is 2.72. The minimum atomic E-state index is 0.538. The molecule has 1 heteroatoms. The molecular weight excluding hydrogens is 220 g/mol. The number of rotatable bonds is 1. The van der Waals surface area contributed by atoms with E-state index in [1.165, 1.54) is 27.8 Å². The molecule has 0 saturated carbocycles. The SMILES string of the molecule is Cc1cc2c(cc1C(C)C)OCc1ccccc1-2.